The lowest BCUT2D eigenvalue weighted by Gasteiger charge is -2.39. The predicted octanol–water partition coefficient (Wildman–Crippen LogP) is 1.99. The molecular formula is C25H40N6O3. The molecule has 1 aliphatic carbocycles. The van der Waals surface area contributed by atoms with Gasteiger partial charge in [0.1, 0.15) is 0 Å². The van der Waals surface area contributed by atoms with Crippen LogP contribution in [-0.2, 0) is 9.59 Å². The Morgan fingerprint density at radius 3 is 2.50 bits per heavy atom. The number of hydrogen-bond donors (Lipinski definition) is 1. The molecule has 5 rings (SSSR count). The highest BCUT2D eigenvalue weighted by Crippen LogP contribution is 2.49. The van der Waals surface area contributed by atoms with E-state index in [1.54, 1.807) is 0 Å². The molecular weight excluding hydrogens is 432 g/mol. The van der Waals surface area contributed by atoms with E-state index >= 15 is 0 Å². The molecule has 0 aromatic carbocycles. The summed E-state index contributed by atoms with van der Waals surface area (Å²) in [5.41, 5.74) is 0.0990. The zero-order valence-corrected chi connectivity index (χ0v) is 20.8. The second-order valence-corrected chi connectivity index (χ2v) is 11.3. The third-order valence-electron chi connectivity index (χ3n) is 8.56. The maximum absolute atomic E-state index is 12.9. The number of carbonyl (C=O) groups is 2. The van der Waals surface area contributed by atoms with E-state index < -0.39 is 0 Å². The number of nitrogens with zero attached hydrogens (tertiary/aromatic N) is 5. The van der Waals surface area contributed by atoms with Crippen LogP contribution in [0, 0.1) is 24.2 Å². The molecule has 3 saturated heterocycles. The minimum Gasteiger partial charge on any atom is -0.355 e. The van der Waals surface area contributed by atoms with Gasteiger partial charge in [0.2, 0.25) is 17.7 Å². The van der Waals surface area contributed by atoms with E-state index in [-0.39, 0.29) is 23.3 Å². The summed E-state index contributed by atoms with van der Waals surface area (Å²) in [6.07, 6.45) is 8.47. The number of aryl methyl sites for hydroxylation is 1. The molecule has 1 saturated carbocycles. The number of piperidine rings is 2. The summed E-state index contributed by atoms with van der Waals surface area (Å²) in [4.78, 5) is 36.6. The van der Waals surface area contributed by atoms with Crippen molar-refractivity contribution in [2.75, 3.05) is 52.9 Å². The van der Waals surface area contributed by atoms with Gasteiger partial charge in [-0.2, -0.15) is 4.98 Å². The first-order valence-electron chi connectivity index (χ1n) is 13.2. The van der Waals surface area contributed by atoms with Gasteiger partial charge >= 0.3 is 0 Å². The maximum Gasteiger partial charge on any atom is 0.244 e. The fraction of sp³-hybridized carbons (Fsp3) is 0.840. The van der Waals surface area contributed by atoms with Gasteiger partial charge in [0.05, 0.1) is 12.6 Å². The summed E-state index contributed by atoms with van der Waals surface area (Å²) >= 11 is 0. The highest BCUT2D eigenvalue weighted by Gasteiger charge is 2.49. The molecule has 2 amide bonds. The van der Waals surface area contributed by atoms with E-state index in [2.05, 4.69) is 37.2 Å². The van der Waals surface area contributed by atoms with Gasteiger partial charge in [-0.1, -0.05) is 5.16 Å². The monoisotopic (exact) mass is 472 g/mol. The third-order valence-corrected chi connectivity index (χ3v) is 8.56. The molecule has 3 aliphatic heterocycles. The fourth-order valence-electron chi connectivity index (χ4n) is 6.16. The Balaban J connectivity index is 1.16. The Hall–Kier alpha value is -2.00. The van der Waals surface area contributed by atoms with E-state index in [1.165, 1.54) is 12.8 Å². The molecule has 0 radical (unpaired) electrons. The summed E-state index contributed by atoms with van der Waals surface area (Å²) in [5.74, 6) is 2.66. The van der Waals surface area contributed by atoms with Crippen LogP contribution < -0.4 is 5.32 Å². The molecule has 1 unspecified atom stereocenters. The Morgan fingerprint density at radius 1 is 1.12 bits per heavy atom. The lowest BCUT2D eigenvalue weighted by atomic mass is 9.76. The Morgan fingerprint density at radius 2 is 1.85 bits per heavy atom. The van der Waals surface area contributed by atoms with Crippen molar-refractivity contribution in [2.24, 2.45) is 17.3 Å². The molecule has 4 heterocycles. The average Bonchev–Trinajstić information content (AvgIpc) is 3.50. The van der Waals surface area contributed by atoms with Crippen LogP contribution in [-0.4, -0.2) is 89.5 Å². The molecule has 9 nitrogen and oxygen atoms in total. The van der Waals surface area contributed by atoms with E-state index in [0.717, 1.165) is 77.8 Å². The first-order valence-corrected chi connectivity index (χ1v) is 13.2. The van der Waals surface area contributed by atoms with Crippen LogP contribution in [0.3, 0.4) is 0 Å². The molecule has 0 bridgehead atoms. The molecule has 1 aromatic heterocycles. The number of likely N-dealkylation sites (tertiary alicyclic amines) is 3. The van der Waals surface area contributed by atoms with Crippen LogP contribution in [0.25, 0.3) is 0 Å². The first kappa shape index (κ1) is 23.7. The van der Waals surface area contributed by atoms with Crippen molar-refractivity contribution in [1.29, 1.82) is 0 Å². The van der Waals surface area contributed by atoms with Gasteiger partial charge in [0.15, 0.2) is 5.82 Å². The molecule has 4 fully saturated rings. The van der Waals surface area contributed by atoms with Crippen LogP contribution in [0.1, 0.15) is 69.1 Å². The Bertz CT molecular complexity index is 868. The summed E-state index contributed by atoms with van der Waals surface area (Å²) in [6, 6.07) is -0.0356. The average molecular weight is 473 g/mol. The van der Waals surface area contributed by atoms with Crippen molar-refractivity contribution in [1.82, 2.24) is 30.2 Å². The number of hydrogen-bond acceptors (Lipinski definition) is 7. The van der Waals surface area contributed by atoms with E-state index in [0.29, 0.717) is 30.1 Å². The summed E-state index contributed by atoms with van der Waals surface area (Å²) in [5, 5.41) is 7.17. The minimum atomic E-state index is -0.0356. The zero-order valence-electron chi connectivity index (χ0n) is 20.8. The molecule has 4 aliphatic rings. The molecule has 1 atom stereocenters. The number of amides is 2. The number of nitrogens with one attached hydrogen (secondary N) is 1. The normalized spacial score (nSPS) is 26.3. The SMILES string of the molecule is Cc1noc(C2CC3(CCN(C(=O)C4CC4)CC3)CN2CC(=O)NCCC2CCN(C)CC2)n1. The van der Waals surface area contributed by atoms with Crippen molar-refractivity contribution in [2.45, 2.75) is 64.3 Å². The second kappa shape index (κ2) is 9.93. The number of rotatable bonds is 7. The minimum absolute atomic E-state index is 0.0356. The lowest BCUT2D eigenvalue weighted by molar-refractivity contribution is -0.134. The zero-order chi connectivity index (χ0) is 23.7. The lowest BCUT2D eigenvalue weighted by Crippen LogP contribution is -2.45. The van der Waals surface area contributed by atoms with Gasteiger partial charge in [-0.05, 0) is 89.8 Å². The molecule has 1 spiro atoms. The molecule has 188 valence electrons. The number of carbonyl (C=O) groups excluding carboxylic acids is 2. The Labute approximate surface area is 202 Å². The predicted molar refractivity (Wildman–Crippen MR) is 127 cm³/mol. The molecule has 1 N–H and O–H groups in total. The van der Waals surface area contributed by atoms with E-state index in [9.17, 15) is 9.59 Å². The van der Waals surface area contributed by atoms with Gasteiger partial charge < -0.3 is 19.6 Å². The quantitative estimate of drug-likeness (QED) is 0.648. The van der Waals surface area contributed by atoms with Gasteiger partial charge in [-0.3, -0.25) is 14.5 Å². The van der Waals surface area contributed by atoms with Crippen molar-refractivity contribution in [3.63, 3.8) is 0 Å². The fourth-order valence-corrected chi connectivity index (χ4v) is 6.16. The highest BCUT2D eigenvalue weighted by atomic mass is 16.5. The van der Waals surface area contributed by atoms with Crippen LogP contribution in [0.2, 0.25) is 0 Å². The van der Waals surface area contributed by atoms with Crippen molar-refractivity contribution >= 4 is 11.8 Å². The maximum atomic E-state index is 12.9. The van der Waals surface area contributed by atoms with Gasteiger partial charge in [-0.25, -0.2) is 0 Å². The summed E-state index contributed by atoms with van der Waals surface area (Å²) in [6.45, 7) is 7.73. The second-order valence-electron chi connectivity index (χ2n) is 11.3. The van der Waals surface area contributed by atoms with Crippen LogP contribution in [0.15, 0.2) is 4.52 Å². The topological polar surface area (TPSA) is 94.8 Å². The van der Waals surface area contributed by atoms with Gasteiger partial charge in [0.25, 0.3) is 0 Å². The van der Waals surface area contributed by atoms with E-state index in [1.807, 2.05) is 6.92 Å². The third kappa shape index (κ3) is 5.46. The summed E-state index contributed by atoms with van der Waals surface area (Å²) in [7, 11) is 2.18. The van der Waals surface area contributed by atoms with Gasteiger partial charge in [-0.15, -0.1) is 0 Å². The van der Waals surface area contributed by atoms with Gasteiger partial charge in [0, 0.05) is 32.1 Å². The molecule has 34 heavy (non-hydrogen) atoms. The summed E-state index contributed by atoms with van der Waals surface area (Å²) < 4.78 is 5.56. The van der Waals surface area contributed by atoms with Crippen molar-refractivity contribution < 1.29 is 14.1 Å². The van der Waals surface area contributed by atoms with Crippen LogP contribution >= 0.6 is 0 Å². The van der Waals surface area contributed by atoms with Crippen molar-refractivity contribution in [3.05, 3.63) is 11.7 Å². The number of aromatic nitrogens is 2. The molecule has 1 aromatic rings. The Kier molecular flexibility index (Phi) is 6.93. The standard InChI is InChI=1S/C25H40N6O3/c1-18-27-23(34-28-18)21-15-25(8-13-30(14-9-25)24(33)20-3-4-20)17-31(21)16-22(32)26-10-5-19-6-11-29(2)12-7-19/h19-21H,3-17H2,1-2H3,(H,26,32). The smallest absolute Gasteiger partial charge is 0.244 e. The van der Waals surface area contributed by atoms with Crippen molar-refractivity contribution in [3.8, 4) is 0 Å². The first-order chi connectivity index (χ1) is 16.4. The van der Waals surface area contributed by atoms with E-state index in [4.69, 9.17) is 4.52 Å². The highest BCUT2D eigenvalue weighted by molar-refractivity contribution is 5.81. The largest absolute Gasteiger partial charge is 0.355 e. The van der Waals surface area contributed by atoms with Crippen LogP contribution in [0.4, 0.5) is 0 Å². The molecule has 9 heteroatoms. The van der Waals surface area contributed by atoms with Crippen LogP contribution in [0.5, 0.6) is 0 Å².